The fraction of sp³-hybridized carbons (Fsp3) is 0.417. The summed E-state index contributed by atoms with van der Waals surface area (Å²) in [6.45, 7) is 0.567. The summed E-state index contributed by atoms with van der Waals surface area (Å²) in [5.74, 6) is 0. The van der Waals surface area contributed by atoms with Crippen LogP contribution in [0.5, 0.6) is 0 Å². The third kappa shape index (κ3) is 2.37. The molecule has 84 valence electrons. The highest BCUT2D eigenvalue weighted by molar-refractivity contribution is 9.10. The molecule has 4 heteroatoms. The topological polar surface area (TPSA) is 56.0 Å². The smallest absolute Gasteiger partial charge is 0.0992 e. The molecule has 2 N–H and O–H groups in total. The molecule has 0 amide bonds. The van der Waals surface area contributed by atoms with E-state index < -0.39 is 5.60 Å². The number of hydrogen-bond donors (Lipinski definition) is 2. The van der Waals surface area contributed by atoms with Crippen molar-refractivity contribution < 1.29 is 5.11 Å². The molecule has 0 bridgehead atoms. The molecule has 0 spiro atoms. The average Bonchev–Trinajstić information content (AvgIpc) is 2.25. The number of nitrogens with zero attached hydrogens (tertiary/aromatic N) is 1. The van der Waals surface area contributed by atoms with Crippen LogP contribution in [-0.2, 0) is 0 Å². The van der Waals surface area contributed by atoms with E-state index in [9.17, 15) is 5.11 Å². The van der Waals surface area contributed by atoms with E-state index in [4.69, 9.17) is 5.26 Å². The number of anilines is 1. The van der Waals surface area contributed by atoms with Gasteiger partial charge >= 0.3 is 0 Å². The van der Waals surface area contributed by atoms with E-state index in [0.717, 1.165) is 29.4 Å². The van der Waals surface area contributed by atoms with Gasteiger partial charge in [-0.1, -0.05) is 0 Å². The molecular formula is C12H13BrN2O. The molecule has 2 rings (SSSR count). The molecule has 0 radical (unpaired) electrons. The Morgan fingerprint density at radius 1 is 1.50 bits per heavy atom. The number of halogens is 1. The summed E-state index contributed by atoms with van der Waals surface area (Å²) in [5.41, 5.74) is 1.01. The molecule has 0 atom stereocenters. The first-order valence-corrected chi connectivity index (χ1v) is 6.08. The van der Waals surface area contributed by atoms with E-state index in [1.807, 2.05) is 6.07 Å². The molecule has 0 saturated heterocycles. The van der Waals surface area contributed by atoms with Crippen LogP contribution in [0.1, 0.15) is 24.8 Å². The minimum Gasteiger partial charge on any atom is -0.388 e. The maximum Gasteiger partial charge on any atom is 0.0992 e. The van der Waals surface area contributed by atoms with E-state index in [1.165, 1.54) is 0 Å². The van der Waals surface area contributed by atoms with Crippen molar-refractivity contribution in [2.45, 2.75) is 24.9 Å². The Balaban J connectivity index is 2.02. The third-order valence-corrected chi connectivity index (χ3v) is 3.65. The van der Waals surface area contributed by atoms with Crippen molar-refractivity contribution in [3.05, 3.63) is 28.2 Å². The van der Waals surface area contributed by atoms with Gasteiger partial charge in [0.15, 0.2) is 0 Å². The molecule has 1 fully saturated rings. The maximum atomic E-state index is 9.93. The average molecular weight is 281 g/mol. The summed E-state index contributed by atoms with van der Waals surface area (Å²) in [6, 6.07) is 7.47. The van der Waals surface area contributed by atoms with Gasteiger partial charge in [0.1, 0.15) is 0 Å². The van der Waals surface area contributed by atoms with Crippen molar-refractivity contribution in [3.8, 4) is 6.07 Å². The van der Waals surface area contributed by atoms with Crippen LogP contribution in [0.4, 0.5) is 5.69 Å². The zero-order valence-corrected chi connectivity index (χ0v) is 10.4. The van der Waals surface area contributed by atoms with Gasteiger partial charge in [0.25, 0.3) is 0 Å². The lowest BCUT2D eigenvalue weighted by atomic mass is 9.80. The van der Waals surface area contributed by atoms with Crippen LogP contribution in [0.2, 0.25) is 0 Å². The second-order valence-corrected chi connectivity index (χ2v) is 5.09. The fourth-order valence-electron chi connectivity index (χ4n) is 1.75. The fourth-order valence-corrected chi connectivity index (χ4v) is 2.27. The number of hydrogen-bond acceptors (Lipinski definition) is 3. The number of nitriles is 1. The molecular weight excluding hydrogens is 268 g/mol. The van der Waals surface area contributed by atoms with E-state index in [2.05, 4.69) is 27.3 Å². The lowest BCUT2D eigenvalue weighted by Gasteiger charge is -2.37. The minimum absolute atomic E-state index is 0.534. The van der Waals surface area contributed by atoms with Crippen molar-refractivity contribution >= 4 is 21.6 Å². The van der Waals surface area contributed by atoms with Crippen LogP contribution in [0.25, 0.3) is 0 Å². The van der Waals surface area contributed by atoms with Gasteiger partial charge in [-0.25, -0.2) is 0 Å². The van der Waals surface area contributed by atoms with Gasteiger partial charge in [-0.15, -0.1) is 0 Å². The van der Waals surface area contributed by atoms with Gasteiger partial charge in [-0.3, -0.25) is 0 Å². The Kier molecular flexibility index (Phi) is 3.17. The molecule has 0 aliphatic heterocycles. The predicted octanol–water partition coefficient (Wildman–Crippen LogP) is 2.65. The SMILES string of the molecule is N#Cc1ccc(NCC2(O)CCC2)c(Br)c1. The summed E-state index contributed by atoms with van der Waals surface area (Å²) in [7, 11) is 0. The molecule has 1 aliphatic rings. The van der Waals surface area contributed by atoms with Crippen molar-refractivity contribution in [3.63, 3.8) is 0 Å². The highest BCUT2D eigenvalue weighted by atomic mass is 79.9. The Morgan fingerprint density at radius 3 is 2.75 bits per heavy atom. The molecule has 16 heavy (non-hydrogen) atoms. The molecule has 1 aromatic rings. The van der Waals surface area contributed by atoms with Crippen LogP contribution in [0.3, 0.4) is 0 Å². The summed E-state index contributed by atoms with van der Waals surface area (Å²) in [4.78, 5) is 0. The third-order valence-electron chi connectivity index (χ3n) is 2.99. The number of aliphatic hydroxyl groups is 1. The van der Waals surface area contributed by atoms with Crippen molar-refractivity contribution in [2.24, 2.45) is 0 Å². The summed E-state index contributed by atoms with van der Waals surface area (Å²) in [5, 5.41) is 21.9. The molecule has 0 aromatic heterocycles. The van der Waals surface area contributed by atoms with E-state index in [1.54, 1.807) is 12.1 Å². The summed E-state index contributed by atoms with van der Waals surface area (Å²) in [6.07, 6.45) is 2.84. The van der Waals surface area contributed by atoms with E-state index in [0.29, 0.717) is 12.1 Å². The van der Waals surface area contributed by atoms with Crippen LogP contribution >= 0.6 is 15.9 Å². The van der Waals surface area contributed by atoms with Gasteiger partial charge in [0, 0.05) is 16.7 Å². The molecule has 1 aromatic carbocycles. The number of benzene rings is 1. The first-order valence-electron chi connectivity index (χ1n) is 5.29. The van der Waals surface area contributed by atoms with Crippen molar-refractivity contribution in [1.29, 1.82) is 5.26 Å². The Bertz CT molecular complexity index is 435. The van der Waals surface area contributed by atoms with Crippen molar-refractivity contribution in [2.75, 3.05) is 11.9 Å². The molecule has 1 aliphatic carbocycles. The molecule has 1 saturated carbocycles. The van der Waals surface area contributed by atoms with Gasteiger partial charge in [0.2, 0.25) is 0 Å². The van der Waals surface area contributed by atoms with Crippen LogP contribution in [0.15, 0.2) is 22.7 Å². The minimum atomic E-state index is -0.534. The van der Waals surface area contributed by atoms with Crippen LogP contribution < -0.4 is 5.32 Å². The van der Waals surface area contributed by atoms with Gasteiger partial charge in [-0.2, -0.15) is 5.26 Å². The lowest BCUT2D eigenvalue weighted by Crippen LogP contribution is -2.43. The first-order chi connectivity index (χ1) is 7.63. The number of nitrogens with one attached hydrogen (secondary N) is 1. The second kappa shape index (κ2) is 4.44. The van der Waals surface area contributed by atoms with Gasteiger partial charge < -0.3 is 10.4 Å². The Hall–Kier alpha value is -1.05. The highest BCUT2D eigenvalue weighted by Crippen LogP contribution is 2.32. The van der Waals surface area contributed by atoms with Crippen molar-refractivity contribution in [1.82, 2.24) is 0 Å². The monoisotopic (exact) mass is 280 g/mol. The molecule has 3 nitrogen and oxygen atoms in total. The summed E-state index contributed by atoms with van der Waals surface area (Å²) < 4.78 is 0.856. The lowest BCUT2D eigenvalue weighted by molar-refractivity contribution is -0.0202. The molecule has 0 heterocycles. The van der Waals surface area contributed by atoms with E-state index in [-0.39, 0.29) is 0 Å². The quantitative estimate of drug-likeness (QED) is 0.895. The number of rotatable bonds is 3. The Morgan fingerprint density at radius 2 is 2.25 bits per heavy atom. The maximum absolute atomic E-state index is 9.93. The second-order valence-electron chi connectivity index (χ2n) is 4.24. The Labute approximate surface area is 103 Å². The zero-order valence-electron chi connectivity index (χ0n) is 8.83. The predicted molar refractivity (Wildman–Crippen MR) is 66.1 cm³/mol. The largest absolute Gasteiger partial charge is 0.388 e. The van der Waals surface area contributed by atoms with Crippen LogP contribution in [-0.4, -0.2) is 17.3 Å². The zero-order chi connectivity index (χ0) is 11.6. The van der Waals surface area contributed by atoms with E-state index >= 15 is 0 Å². The highest BCUT2D eigenvalue weighted by Gasteiger charge is 2.33. The van der Waals surface area contributed by atoms with Gasteiger partial charge in [-0.05, 0) is 53.4 Å². The standard InChI is InChI=1S/C12H13BrN2O/c13-10-6-9(7-14)2-3-11(10)15-8-12(16)4-1-5-12/h2-3,6,15-16H,1,4-5,8H2. The molecule has 0 unspecified atom stereocenters. The van der Waals surface area contributed by atoms with Crippen LogP contribution in [0, 0.1) is 11.3 Å². The van der Waals surface area contributed by atoms with Gasteiger partial charge in [0.05, 0.1) is 17.2 Å². The summed E-state index contributed by atoms with van der Waals surface area (Å²) >= 11 is 3.40. The first kappa shape index (κ1) is 11.4. The normalized spacial score (nSPS) is 17.3.